The van der Waals surface area contributed by atoms with Crippen LogP contribution in [-0.4, -0.2) is 114 Å². The number of ether oxygens (including phenoxy) is 3. The maximum Gasteiger partial charge on any atom is 0.273 e. The monoisotopic (exact) mass is 823 g/mol. The highest BCUT2D eigenvalue weighted by atomic mass is 35.5. The first-order chi connectivity index (χ1) is 27.7. The number of thiazole rings is 1. The quantitative estimate of drug-likeness (QED) is 0.0980. The van der Waals surface area contributed by atoms with Crippen LogP contribution >= 0.6 is 22.9 Å². The second kappa shape index (κ2) is 20.8. The third-order valence-electron chi connectivity index (χ3n) is 11.2. The maximum atomic E-state index is 13.2. The lowest BCUT2D eigenvalue weighted by atomic mass is 9.89. The van der Waals surface area contributed by atoms with E-state index in [9.17, 15) is 19.5 Å². The minimum atomic E-state index is -0.319. The minimum absolute atomic E-state index is 0.00441. The molecule has 0 atom stereocenters. The Morgan fingerprint density at radius 3 is 2.61 bits per heavy atom. The number of benzene rings is 2. The molecular weight excluding hydrogens is 766 g/mol. The largest absolute Gasteiger partial charge is 0.506 e. The summed E-state index contributed by atoms with van der Waals surface area (Å²) in [4.78, 5) is 48.9. The molecule has 3 aliphatic rings. The van der Waals surface area contributed by atoms with Crippen molar-refractivity contribution in [3.63, 3.8) is 0 Å². The van der Waals surface area contributed by atoms with Gasteiger partial charge in [-0.15, -0.1) is 11.3 Å². The smallest absolute Gasteiger partial charge is 0.273 e. The molecule has 3 amide bonds. The van der Waals surface area contributed by atoms with E-state index in [0.29, 0.717) is 69.4 Å². The van der Waals surface area contributed by atoms with Gasteiger partial charge in [0.15, 0.2) is 12.4 Å². The highest BCUT2D eigenvalue weighted by Crippen LogP contribution is 2.40. The molecule has 3 aromatic rings. The lowest BCUT2D eigenvalue weighted by molar-refractivity contribution is -0.132. The number of phenolic OH excluding ortho intramolecular Hbond substituents is 1. The molecule has 1 spiro atoms. The molecule has 310 valence electrons. The number of morpholine rings is 1. The first-order valence-electron chi connectivity index (χ1n) is 20.7. The van der Waals surface area contributed by atoms with Gasteiger partial charge in [-0.3, -0.25) is 19.3 Å². The summed E-state index contributed by atoms with van der Waals surface area (Å²) in [5.74, 6) is 0.400. The SMILES string of the molecule is CCCCN(CCCCCc1ccc(O)c2c1OCC(=O)N2)C(=O)CCOCCc1cccc(CN2CCC3(CC2)CN(C(=O)c2csc(CC)n2)CCO3)c1Cl. The summed E-state index contributed by atoms with van der Waals surface area (Å²) < 4.78 is 17.9. The fourth-order valence-corrected chi connectivity index (χ4v) is 8.88. The van der Waals surface area contributed by atoms with Crippen LogP contribution in [-0.2, 0) is 44.9 Å². The molecule has 2 fully saturated rings. The predicted molar refractivity (Wildman–Crippen MR) is 222 cm³/mol. The number of aryl methyl sites for hydroxylation is 2. The molecule has 6 rings (SSSR count). The normalized spacial score (nSPS) is 16.6. The minimum Gasteiger partial charge on any atom is -0.506 e. The van der Waals surface area contributed by atoms with Gasteiger partial charge < -0.3 is 34.4 Å². The van der Waals surface area contributed by atoms with Gasteiger partial charge in [0.1, 0.15) is 17.1 Å². The molecule has 0 bridgehead atoms. The standard InChI is InChI=1S/C43H58ClN5O7S/c1-3-5-19-48(20-8-6-7-10-32-13-14-35(50)40-41(32)55-28-36(51)46-40)38(52)16-25-54-24-15-31-11-9-12-33(39(31)44)27-47-21-17-43(18-22-47)30-49(23-26-56-43)42(53)34-29-57-37(4-2)45-34/h9,11-14,29,50H,3-8,10,15-28,30H2,1-2H3,(H,46,51). The van der Waals surface area contributed by atoms with Crippen molar-refractivity contribution in [3.05, 3.63) is 68.1 Å². The summed E-state index contributed by atoms with van der Waals surface area (Å²) in [7, 11) is 0. The number of fused-ring (bicyclic) bond motifs is 1. The number of phenols is 1. The van der Waals surface area contributed by atoms with Crippen molar-refractivity contribution in [1.82, 2.24) is 19.7 Å². The number of likely N-dealkylation sites (tertiary alicyclic amines) is 1. The van der Waals surface area contributed by atoms with Crippen molar-refractivity contribution in [3.8, 4) is 11.5 Å². The topological polar surface area (TPSA) is 134 Å². The summed E-state index contributed by atoms with van der Waals surface area (Å²) in [5.41, 5.74) is 3.66. The highest BCUT2D eigenvalue weighted by molar-refractivity contribution is 7.09. The van der Waals surface area contributed by atoms with Crippen molar-refractivity contribution >= 4 is 46.3 Å². The van der Waals surface area contributed by atoms with Crippen molar-refractivity contribution in [2.75, 3.05) is 71.0 Å². The van der Waals surface area contributed by atoms with E-state index < -0.39 is 0 Å². The zero-order valence-electron chi connectivity index (χ0n) is 33.5. The summed E-state index contributed by atoms with van der Waals surface area (Å²) in [6, 6.07) is 9.63. The summed E-state index contributed by atoms with van der Waals surface area (Å²) in [6.07, 6.45) is 9.03. The van der Waals surface area contributed by atoms with E-state index >= 15 is 0 Å². The van der Waals surface area contributed by atoms with Crippen LogP contribution in [0.2, 0.25) is 5.02 Å². The van der Waals surface area contributed by atoms with E-state index in [1.165, 1.54) is 0 Å². The molecule has 57 heavy (non-hydrogen) atoms. The van der Waals surface area contributed by atoms with Crippen LogP contribution in [0.5, 0.6) is 11.5 Å². The van der Waals surface area contributed by atoms with Crippen LogP contribution in [0, 0.1) is 0 Å². The fourth-order valence-electron chi connectivity index (χ4n) is 7.88. The number of anilines is 1. The molecule has 2 saturated heterocycles. The van der Waals surface area contributed by atoms with Crippen molar-refractivity contribution in [1.29, 1.82) is 0 Å². The molecule has 2 aromatic carbocycles. The Labute approximate surface area is 345 Å². The Hall–Kier alpha value is -3.75. The Morgan fingerprint density at radius 2 is 1.82 bits per heavy atom. The average Bonchev–Trinajstić information content (AvgIpc) is 3.71. The van der Waals surface area contributed by atoms with Gasteiger partial charge in [0.2, 0.25) is 5.91 Å². The number of nitrogens with one attached hydrogen (secondary N) is 1. The van der Waals surface area contributed by atoms with Gasteiger partial charge in [-0.05, 0) is 74.1 Å². The summed E-state index contributed by atoms with van der Waals surface area (Å²) in [5, 5.41) is 16.5. The molecule has 4 heterocycles. The zero-order chi connectivity index (χ0) is 40.2. The number of carbonyl (C=O) groups is 3. The maximum absolute atomic E-state index is 13.2. The second-order valence-corrected chi connectivity index (χ2v) is 16.7. The van der Waals surface area contributed by atoms with Crippen LogP contribution < -0.4 is 10.1 Å². The van der Waals surface area contributed by atoms with E-state index in [-0.39, 0.29) is 35.7 Å². The number of halogens is 1. The van der Waals surface area contributed by atoms with Crippen LogP contribution in [0.15, 0.2) is 35.7 Å². The van der Waals surface area contributed by atoms with Crippen molar-refractivity contribution in [2.24, 2.45) is 0 Å². The summed E-state index contributed by atoms with van der Waals surface area (Å²) >= 11 is 8.49. The fraction of sp³-hybridized carbons (Fsp3) is 0.581. The number of nitrogens with zero attached hydrogens (tertiary/aromatic N) is 4. The highest BCUT2D eigenvalue weighted by Gasteiger charge is 2.41. The van der Waals surface area contributed by atoms with Crippen molar-refractivity contribution < 1.29 is 33.7 Å². The number of hydrogen-bond donors (Lipinski definition) is 2. The molecule has 1 aromatic heterocycles. The molecule has 0 radical (unpaired) electrons. The number of amides is 3. The van der Waals surface area contributed by atoms with Crippen LogP contribution in [0.25, 0.3) is 0 Å². The third-order valence-corrected chi connectivity index (χ3v) is 12.7. The average molecular weight is 824 g/mol. The van der Waals surface area contributed by atoms with E-state index in [1.54, 1.807) is 17.4 Å². The molecule has 0 unspecified atom stereocenters. The number of piperidine rings is 1. The van der Waals surface area contributed by atoms with Gasteiger partial charge in [-0.25, -0.2) is 4.98 Å². The zero-order valence-corrected chi connectivity index (χ0v) is 35.1. The third kappa shape index (κ3) is 11.5. The van der Waals surface area contributed by atoms with Crippen LogP contribution in [0.3, 0.4) is 0 Å². The predicted octanol–water partition coefficient (Wildman–Crippen LogP) is 6.89. The van der Waals surface area contributed by atoms with Gasteiger partial charge in [-0.2, -0.15) is 0 Å². The van der Waals surface area contributed by atoms with Gasteiger partial charge in [0.05, 0.1) is 43.4 Å². The Balaban J connectivity index is 0.891. The Kier molecular flexibility index (Phi) is 15.6. The number of carbonyl (C=O) groups excluding carboxylic acids is 3. The summed E-state index contributed by atoms with van der Waals surface area (Å²) in [6.45, 7) is 10.7. The van der Waals surface area contributed by atoms with Gasteiger partial charge >= 0.3 is 0 Å². The lowest BCUT2D eigenvalue weighted by Gasteiger charge is -2.47. The lowest BCUT2D eigenvalue weighted by Crippen LogP contribution is -2.58. The molecule has 0 saturated carbocycles. The molecule has 0 aliphatic carbocycles. The van der Waals surface area contributed by atoms with Gasteiger partial charge in [0, 0.05) is 49.7 Å². The first kappa shape index (κ1) is 42.8. The van der Waals surface area contributed by atoms with E-state index in [0.717, 1.165) is 111 Å². The molecule has 2 N–H and O–H groups in total. The number of aromatic nitrogens is 1. The molecule has 12 nitrogen and oxygen atoms in total. The molecular formula is C43H58ClN5O7S. The van der Waals surface area contributed by atoms with Crippen LogP contribution in [0.4, 0.5) is 5.69 Å². The number of hydrogen-bond acceptors (Lipinski definition) is 10. The number of rotatable bonds is 19. The number of unbranched alkanes of at least 4 members (excludes halogenated alkanes) is 3. The van der Waals surface area contributed by atoms with Crippen molar-refractivity contribution in [2.45, 2.75) is 96.6 Å². The van der Waals surface area contributed by atoms with Gasteiger partial charge in [-0.1, -0.05) is 62.6 Å². The first-order valence-corrected chi connectivity index (χ1v) is 21.9. The van der Waals surface area contributed by atoms with Crippen LogP contribution in [0.1, 0.15) is 97.4 Å². The number of aromatic hydroxyl groups is 1. The van der Waals surface area contributed by atoms with E-state index in [1.807, 2.05) is 27.3 Å². The van der Waals surface area contributed by atoms with E-state index in [4.69, 9.17) is 25.8 Å². The molecule has 14 heteroatoms. The molecule has 3 aliphatic heterocycles. The van der Waals surface area contributed by atoms with E-state index in [2.05, 4.69) is 41.2 Å². The Morgan fingerprint density at radius 1 is 1.02 bits per heavy atom. The second-order valence-electron chi connectivity index (χ2n) is 15.3. The Bertz CT molecular complexity index is 1830. The van der Waals surface area contributed by atoms with Gasteiger partial charge in [0.25, 0.3) is 11.8 Å².